The maximum Gasteiger partial charge on any atom is 0.268 e. The lowest BCUT2D eigenvalue weighted by molar-refractivity contribution is -0.856. The van der Waals surface area contributed by atoms with Gasteiger partial charge in [0.05, 0.1) is 41.4 Å². The molecule has 2 aromatic rings. The molecule has 30 heavy (non-hydrogen) atoms. The van der Waals surface area contributed by atoms with Gasteiger partial charge >= 0.3 is 0 Å². The van der Waals surface area contributed by atoms with Gasteiger partial charge < -0.3 is 25.0 Å². The second-order valence-corrected chi connectivity index (χ2v) is 7.21. The van der Waals surface area contributed by atoms with Crippen LogP contribution >= 0.6 is 0 Å². The van der Waals surface area contributed by atoms with Crippen LogP contribution in [0.3, 0.4) is 0 Å². The number of rotatable bonds is 9. The van der Waals surface area contributed by atoms with E-state index < -0.39 is 0 Å². The zero-order valence-corrected chi connectivity index (χ0v) is 18.2. The van der Waals surface area contributed by atoms with E-state index in [0.29, 0.717) is 29.2 Å². The molecule has 0 atom stereocenters. The molecule has 7 nitrogen and oxygen atoms in total. The summed E-state index contributed by atoms with van der Waals surface area (Å²) in [6, 6.07) is 12.4. The van der Waals surface area contributed by atoms with E-state index in [-0.39, 0.29) is 17.5 Å². The van der Waals surface area contributed by atoms with E-state index in [1.807, 2.05) is 33.2 Å². The number of carbonyl (C=O) groups excluding carboxylic acids is 2. The molecule has 3 N–H and O–H groups in total. The summed E-state index contributed by atoms with van der Waals surface area (Å²) in [4.78, 5) is 26.7. The number of carbonyl (C=O) groups is 2. The molecule has 0 spiro atoms. The van der Waals surface area contributed by atoms with Crippen molar-refractivity contribution in [2.24, 2.45) is 0 Å². The van der Waals surface area contributed by atoms with Crippen LogP contribution in [-0.4, -0.2) is 53.2 Å². The monoisotopic (exact) mass is 412 g/mol. The van der Waals surface area contributed by atoms with E-state index in [1.165, 1.54) is 4.90 Å². The third-order valence-corrected chi connectivity index (χ3v) is 4.44. The molecule has 7 heteroatoms. The summed E-state index contributed by atoms with van der Waals surface area (Å²) in [5, 5.41) is 5.59. The molecule has 0 aliphatic heterocycles. The van der Waals surface area contributed by atoms with Crippen LogP contribution in [0.1, 0.15) is 21.5 Å². The Hall–Kier alpha value is -3.32. The van der Waals surface area contributed by atoms with Crippen molar-refractivity contribution in [1.82, 2.24) is 10.6 Å². The van der Waals surface area contributed by atoms with Gasteiger partial charge in [-0.15, -0.1) is 0 Å². The van der Waals surface area contributed by atoms with Crippen molar-refractivity contribution in [2.45, 2.75) is 6.92 Å². The fraction of sp³-hybridized carbons (Fsp3) is 0.304. The second-order valence-electron chi connectivity index (χ2n) is 7.21. The van der Waals surface area contributed by atoms with Crippen molar-refractivity contribution in [2.75, 3.05) is 41.4 Å². The summed E-state index contributed by atoms with van der Waals surface area (Å²) < 4.78 is 10.6. The predicted octanol–water partition coefficient (Wildman–Crippen LogP) is 1.04. The molecule has 0 saturated heterocycles. The fourth-order valence-corrected chi connectivity index (χ4v) is 2.69. The molecule has 2 rings (SSSR count). The third-order valence-electron chi connectivity index (χ3n) is 4.44. The van der Waals surface area contributed by atoms with Crippen molar-refractivity contribution < 1.29 is 24.0 Å². The van der Waals surface area contributed by atoms with Gasteiger partial charge in [-0.3, -0.25) is 9.59 Å². The van der Waals surface area contributed by atoms with Crippen molar-refractivity contribution in [3.63, 3.8) is 0 Å². The highest BCUT2D eigenvalue weighted by atomic mass is 16.5. The first-order valence-corrected chi connectivity index (χ1v) is 9.73. The molecular weight excluding hydrogens is 382 g/mol. The Morgan fingerprint density at radius 2 is 1.67 bits per heavy atom. The predicted molar refractivity (Wildman–Crippen MR) is 117 cm³/mol. The van der Waals surface area contributed by atoms with Gasteiger partial charge in [0.25, 0.3) is 11.8 Å². The number of methoxy groups -OCH3 is 2. The molecule has 0 bridgehead atoms. The quantitative estimate of drug-likeness (QED) is 0.538. The number of hydrogen-bond donors (Lipinski definition) is 3. The number of nitrogens with one attached hydrogen (secondary N) is 3. The van der Waals surface area contributed by atoms with E-state index in [4.69, 9.17) is 9.47 Å². The molecule has 0 unspecified atom stereocenters. The molecule has 0 heterocycles. The minimum atomic E-state index is -0.355. The molecule has 0 saturated carbocycles. The summed E-state index contributed by atoms with van der Waals surface area (Å²) >= 11 is 0. The number of aryl methyl sites for hydroxylation is 1. The summed E-state index contributed by atoms with van der Waals surface area (Å²) in [5.41, 5.74) is 2.38. The lowest BCUT2D eigenvalue weighted by Crippen LogP contribution is -3.06. The maximum atomic E-state index is 12.8. The van der Waals surface area contributed by atoms with Crippen LogP contribution in [0.4, 0.5) is 0 Å². The average molecular weight is 413 g/mol. The lowest BCUT2D eigenvalue weighted by Gasteiger charge is -2.13. The number of quaternary nitrogens is 1. The highest BCUT2D eigenvalue weighted by Gasteiger charge is 2.15. The summed E-state index contributed by atoms with van der Waals surface area (Å²) in [6.45, 7) is 3.20. The van der Waals surface area contributed by atoms with Gasteiger partial charge in [-0.25, -0.2) is 0 Å². The van der Waals surface area contributed by atoms with Crippen molar-refractivity contribution in [3.8, 4) is 11.5 Å². The first kappa shape index (κ1) is 23.0. The Morgan fingerprint density at radius 1 is 1.00 bits per heavy atom. The Morgan fingerprint density at radius 3 is 2.27 bits per heavy atom. The average Bonchev–Trinajstić information content (AvgIpc) is 2.73. The number of benzene rings is 2. The standard InChI is InChI=1S/C23H29N3O4/c1-16-6-9-18(10-7-16)22(27)25-19(23(28)24-12-13-26(2)3)14-17-8-11-20(29-4)21(15-17)30-5/h6-11,14-15H,12-13H2,1-5H3,(H,24,28)(H,25,27)/p+1/b19-14+. The lowest BCUT2D eigenvalue weighted by atomic mass is 10.1. The van der Waals surface area contributed by atoms with Gasteiger partial charge in [0.1, 0.15) is 5.70 Å². The third kappa shape index (κ3) is 6.63. The summed E-state index contributed by atoms with van der Waals surface area (Å²) in [6.07, 6.45) is 1.62. The number of likely N-dealkylation sites (N-methyl/N-ethyl adjacent to an activating group) is 1. The fourth-order valence-electron chi connectivity index (χ4n) is 2.69. The summed E-state index contributed by atoms with van der Waals surface area (Å²) in [7, 11) is 7.11. The molecule has 2 amide bonds. The number of amides is 2. The summed E-state index contributed by atoms with van der Waals surface area (Å²) in [5.74, 6) is 0.409. The number of ether oxygens (including phenoxy) is 2. The zero-order valence-electron chi connectivity index (χ0n) is 18.2. The van der Waals surface area contributed by atoms with E-state index in [0.717, 1.165) is 12.1 Å². The maximum absolute atomic E-state index is 12.8. The van der Waals surface area contributed by atoms with E-state index in [9.17, 15) is 9.59 Å². The smallest absolute Gasteiger partial charge is 0.268 e. The van der Waals surface area contributed by atoms with Crippen molar-refractivity contribution in [3.05, 3.63) is 64.9 Å². The minimum Gasteiger partial charge on any atom is -0.493 e. The molecular formula is C23H30N3O4+. The molecule has 0 fully saturated rings. The molecule has 160 valence electrons. The number of hydrogen-bond acceptors (Lipinski definition) is 4. The van der Waals surface area contributed by atoms with Crippen LogP contribution in [0.25, 0.3) is 6.08 Å². The van der Waals surface area contributed by atoms with Crippen LogP contribution in [-0.2, 0) is 4.79 Å². The Labute approximate surface area is 177 Å². The van der Waals surface area contributed by atoms with Gasteiger partial charge in [-0.1, -0.05) is 23.8 Å². The highest BCUT2D eigenvalue weighted by Crippen LogP contribution is 2.28. The highest BCUT2D eigenvalue weighted by molar-refractivity contribution is 6.05. The van der Waals surface area contributed by atoms with Gasteiger partial charge in [0, 0.05) is 5.56 Å². The minimum absolute atomic E-state index is 0.154. The van der Waals surface area contributed by atoms with Crippen LogP contribution < -0.4 is 25.0 Å². The molecule has 0 aliphatic carbocycles. The Balaban J connectivity index is 2.30. The first-order valence-electron chi connectivity index (χ1n) is 9.73. The van der Waals surface area contributed by atoms with Gasteiger partial charge in [0.15, 0.2) is 11.5 Å². The SMILES string of the molecule is COc1ccc(/C=C(/NC(=O)c2ccc(C)cc2)C(=O)NCC[NH+](C)C)cc1OC. The van der Waals surface area contributed by atoms with E-state index in [1.54, 1.807) is 50.6 Å². The zero-order chi connectivity index (χ0) is 22.1. The van der Waals surface area contributed by atoms with Crippen molar-refractivity contribution >= 4 is 17.9 Å². The Bertz CT molecular complexity index is 905. The van der Waals surface area contributed by atoms with Gasteiger partial charge in [-0.2, -0.15) is 0 Å². The Kier molecular flexibility index (Phi) is 8.43. The molecule has 0 aliphatic rings. The normalized spacial score (nSPS) is 11.2. The van der Waals surface area contributed by atoms with Crippen LogP contribution in [0.5, 0.6) is 11.5 Å². The topological polar surface area (TPSA) is 81.1 Å². The van der Waals surface area contributed by atoms with E-state index in [2.05, 4.69) is 10.6 Å². The van der Waals surface area contributed by atoms with Crippen LogP contribution in [0.2, 0.25) is 0 Å². The molecule has 0 aromatic heterocycles. The first-order chi connectivity index (χ1) is 14.3. The largest absolute Gasteiger partial charge is 0.493 e. The van der Waals surface area contributed by atoms with Crippen LogP contribution in [0, 0.1) is 6.92 Å². The van der Waals surface area contributed by atoms with E-state index >= 15 is 0 Å². The van der Waals surface area contributed by atoms with Crippen LogP contribution in [0.15, 0.2) is 48.2 Å². The second kappa shape index (κ2) is 11.0. The van der Waals surface area contributed by atoms with Gasteiger partial charge in [0.2, 0.25) is 0 Å². The van der Waals surface area contributed by atoms with Gasteiger partial charge in [-0.05, 0) is 42.8 Å². The molecule has 2 aromatic carbocycles. The molecule has 0 radical (unpaired) electrons. The van der Waals surface area contributed by atoms with Crippen molar-refractivity contribution in [1.29, 1.82) is 0 Å².